The van der Waals surface area contributed by atoms with E-state index in [1.807, 2.05) is 14.0 Å². The molecule has 1 aromatic heterocycles. The second-order valence-electron chi connectivity index (χ2n) is 8.28. The number of likely N-dealkylation sites (N-methyl/N-ethyl adjacent to an activating group) is 1. The van der Waals surface area contributed by atoms with Gasteiger partial charge in [0.25, 0.3) is 5.91 Å². The number of hydrogen-bond acceptors (Lipinski definition) is 5. The molecular weight excluding hydrogens is 435 g/mol. The first-order valence-corrected chi connectivity index (χ1v) is 11.2. The molecule has 7 nitrogen and oxygen atoms in total. The Morgan fingerprint density at radius 2 is 1.88 bits per heavy atom. The van der Waals surface area contributed by atoms with Crippen molar-refractivity contribution in [2.45, 2.75) is 19.4 Å². The monoisotopic (exact) mass is 460 g/mol. The second-order valence-corrected chi connectivity index (χ2v) is 8.54. The molecule has 0 N–H and O–H groups in total. The van der Waals surface area contributed by atoms with Crippen LogP contribution in [0.4, 0.5) is 10.1 Å². The highest BCUT2D eigenvalue weighted by atomic mass is 35.5. The number of benzene rings is 1. The van der Waals surface area contributed by atoms with E-state index in [1.54, 1.807) is 28.0 Å². The van der Waals surface area contributed by atoms with Gasteiger partial charge >= 0.3 is 0 Å². The molecule has 1 saturated heterocycles. The zero-order valence-electron chi connectivity index (χ0n) is 18.2. The number of nitrogens with zero attached hydrogens (tertiary/aromatic N) is 4. The van der Waals surface area contributed by atoms with Gasteiger partial charge in [-0.25, -0.2) is 9.37 Å². The van der Waals surface area contributed by atoms with Gasteiger partial charge in [-0.3, -0.25) is 9.59 Å². The number of piperazine rings is 1. The maximum absolute atomic E-state index is 13.4. The van der Waals surface area contributed by atoms with Crippen LogP contribution in [-0.2, 0) is 11.2 Å². The van der Waals surface area contributed by atoms with E-state index < -0.39 is 0 Å². The summed E-state index contributed by atoms with van der Waals surface area (Å²) in [7, 11) is 2.02. The van der Waals surface area contributed by atoms with Gasteiger partial charge < -0.3 is 19.4 Å². The molecule has 3 heterocycles. The summed E-state index contributed by atoms with van der Waals surface area (Å²) >= 11 is 5.84. The van der Waals surface area contributed by atoms with E-state index in [1.165, 1.54) is 12.1 Å². The molecule has 2 amide bonds. The SMILES string of the molecule is C[C@H]1COc2nc(C(=O)N3CCN(C)CC3)c(Cc3ccc(F)cc3)cc2N1C(=O)CCl. The Labute approximate surface area is 191 Å². The fraction of sp³-hybridized carbons (Fsp3) is 0.435. The largest absolute Gasteiger partial charge is 0.474 e. The Kier molecular flexibility index (Phi) is 6.62. The highest BCUT2D eigenvalue weighted by molar-refractivity contribution is 6.29. The summed E-state index contributed by atoms with van der Waals surface area (Å²) in [5.74, 6) is -0.667. The lowest BCUT2D eigenvalue weighted by Crippen LogP contribution is -2.48. The minimum atomic E-state index is -0.327. The highest BCUT2D eigenvalue weighted by Gasteiger charge is 2.33. The lowest BCUT2D eigenvalue weighted by Gasteiger charge is -2.35. The number of carbonyl (C=O) groups is 2. The number of ether oxygens (including phenoxy) is 1. The molecule has 0 bridgehead atoms. The van der Waals surface area contributed by atoms with Crippen LogP contribution in [0.15, 0.2) is 30.3 Å². The Hall–Kier alpha value is -2.71. The average Bonchev–Trinajstić information content (AvgIpc) is 2.80. The summed E-state index contributed by atoms with van der Waals surface area (Å²) < 4.78 is 19.2. The molecule has 0 saturated carbocycles. The van der Waals surface area contributed by atoms with E-state index in [4.69, 9.17) is 16.3 Å². The molecule has 0 aliphatic carbocycles. The van der Waals surface area contributed by atoms with Crippen molar-refractivity contribution >= 4 is 29.1 Å². The number of halogens is 2. The first-order valence-electron chi connectivity index (χ1n) is 10.6. The smallest absolute Gasteiger partial charge is 0.272 e. The van der Waals surface area contributed by atoms with Crippen molar-refractivity contribution in [3.8, 4) is 5.88 Å². The Morgan fingerprint density at radius 3 is 2.53 bits per heavy atom. The lowest BCUT2D eigenvalue weighted by atomic mass is 10.0. The van der Waals surface area contributed by atoms with Crippen molar-refractivity contribution in [1.29, 1.82) is 0 Å². The zero-order chi connectivity index (χ0) is 22.8. The fourth-order valence-electron chi connectivity index (χ4n) is 4.06. The van der Waals surface area contributed by atoms with Crippen molar-refractivity contribution in [3.05, 3.63) is 53.0 Å². The van der Waals surface area contributed by atoms with E-state index in [0.29, 0.717) is 36.5 Å². The van der Waals surface area contributed by atoms with Crippen LogP contribution in [0.5, 0.6) is 5.88 Å². The summed E-state index contributed by atoms with van der Waals surface area (Å²) in [4.78, 5) is 36.1. The number of fused-ring (bicyclic) bond motifs is 1. The van der Waals surface area contributed by atoms with Crippen LogP contribution in [0.1, 0.15) is 28.5 Å². The fourth-order valence-corrected chi connectivity index (χ4v) is 4.19. The summed E-state index contributed by atoms with van der Waals surface area (Å²) in [6, 6.07) is 7.71. The van der Waals surface area contributed by atoms with Crippen molar-refractivity contribution in [3.63, 3.8) is 0 Å². The average molecular weight is 461 g/mol. The lowest BCUT2D eigenvalue weighted by molar-refractivity contribution is -0.117. The molecular formula is C23H26ClFN4O3. The molecule has 0 spiro atoms. The normalized spacial score (nSPS) is 18.8. The minimum absolute atomic E-state index is 0.168. The van der Waals surface area contributed by atoms with Crippen LogP contribution in [0.3, 0.4) is 0 Å². The molecule has 170 valence electrons. The van der Waals surface area contributed by atoms with Crippen LogP contribution in [0.2, 0.25) is 0 Å². The number of aromatic nitrogens is 1. The van der Waals surface area contributed by atoms with Gasteiger partial charge in [0, 0.05) is 26.2 Å². The molecule has 2 aliphatic heterocycles. The number of anilines is 1. The molecule has 4 rings (SSSR count). The second kappa shape index (κ2) is 9.42. The predicted molar refractivity (Wildman–Crippen MR) is 120 cm³/mol. The van der Waals surface area contributed by atoms with Gasteiger partial charge in [-0.05, 0) is 49.7 Å². The van der Waals surface area contributed by atoms with Crippen LogP contribution in [-0.4, -0.2) is 78.4 Å². The van der Waals surface area contributed by atoms with Crippen LogP contribution in [0, 0.1) is 5.82 Å². The predicted octanol–water partition coefficient (Wildman–Crippen LogP) is 2.55. The molecule has 1 aromatic carbocycles. The molecule has 0 unspecified atom stereocenters. The number of carbonyl (C=O) groups excluding carboxylic acids is 2. The van der Waals surface area contributed by atoms with E-state index in [9.17, 15) is 14.0 Å². The molecule has 2 aliphatic rings. The standard InChI is InChI=1S/C23H26ClFN4O3/c1-15-14-32-22-19(29(15)20(30)13-24)12-17(11-16-3-5-18(25)6-4-16)21(26-22)23(31)28-9-7-27(2)8-10-28/h3-6,12,15H,7-11,13-14H2,1-2H3/t15-/m0/s1. The summed E-state index contributed by atoms with van der Waals surface area (Å²) in [6.07, 6.45) is 0.368. The van der Waals surface area contributed by atoms with Gasteiger partial charge in [0.05, 0.1) is 6.04 Å². The van der Waals surface area contributed by atoms with E-state index >= 15 is 0 Å². The van der Waals surface area contributed by atoms with Crippen LogP contribution < -0.4 is 9.64 Å². The number of rotatable bonds is 4. The van der Waals surface area contributed by atoms with Crippen molar-refractivity contribution in [2.75, 3.05) is 50.6 Å². The third-order valence-corrected chi connectivity index (χ3v) is 6.12. The number of alkyl halides is 1. The molecule has 32 heavy (non-hydrogen) atoms. The number of pyridine rings is 1. The van der Waals surface area contributed by atoms with Crippen molar-refractivity contribution < 1.29 is 18.7 Å². The molecule has 2 aromatic rings. The third-order valence-electron chi connectivity index (χ3n) is 5.89. The maximum atomic E-state index is 13.4. The van der Waals surface area contributed by atoms with Gasteiger partial charge in [-0.2, -0.15) is 0 Å². The molecule has 9 heteroatoms. The van der Waals surface area contributed by atoms with E-state index in [-0.39, 0.29) is 42.0 Å². The number of hydrogen-bond donors (Lipinski definition) is 0. The zero-order valence-corrected chi connectivity index (χ0v) is 18.9. The maximum Gasteiger partial charge on any atom is 0.272 e. The first kappa shape index (κ1) is 22.5. The summed E-state index contributed by atoms with van der Waals surface area (Å²) in [5.41, 5.74) is 2.29. The Bertz CT molecular complexity index is 1010. The van der Waals surface area contributed by atoms with Crippen LogP contribution >= 0.6 is 11.6 Å². The van der Waals surface area contributed by atoms with Gasteiger partial charge in [0.2, 0.25) is 11.8 Å². The highest BCUT2D eigenvalue weighted by Crippen LogP contribution is 2.35. The van der Waals surface area contributed by atoms with Crippen LogP contribution in [0.25, 0.3) is 0 Å². The topological polar surface area (TPSA) is 66.0 Å². The Balaban J connectivity index is 1.76. The van der Waals surface area contributed by atoms with Crippen molar-refractivity contribution in [2.24, 2.45) is 0 Å². The van der Waals surface area contributed by atoms with Gasteiger partial charge in [-0.1, -0.05) is 12.1 Å². The van der Waals surface area contributed by atoms with Gasteiger partial charge in [0.1, 0.15) is 29.7 Å². The number of amides is 2. The Morgan fingerprint density at radius 1 is 1.19 bits per heavy atom. The molecule has 1 atom stereocenters. The first-order chi connectivity index (χ1) is 15.4. The third kappa shape index (κ3) is 4.56. The minimum Gasteiger partial charge on any atom is -0.474 e. The van der Waals surface area contributed by atoms with Crippen molar-refractivity contribution in [1.82, 2.24) is 14.8 Å². The summed E-state index contributed by atoms with van der Waals surface area (Å²) in [6.45, 7) is 4.93. The van der Waals surface area contributed by atoms with E-state index in [2.05, 4.69) is 9.88 Å². The quantitative estimate of drug-likeness (QED) is 0.656. The van der Waals surface area contributed by atoms with Gasteiger partial charge in [0.15, 0.2) is 0 Å². The summed E-state index contributed by atoms with van der Waals surface area (Å²) in [5, 5.41) is 0. The molecule has 0 radical (unpaired) electrons. The van der Waals surface area contributed by atoms with E-state index in [0.717, 1.165) is 18.7 Å². The molecule has 1 fully saturated rings. The van der Waals surface area contributed by atoms with Gasteiger partial charge in [-0.15, -0.1) is 11.6 Å².